The summed E-state index contributed by atoms with van der Waals surface area (Å²) in [5.41, 5.74) is 11.1. The molecule has 0 fully saturated rings. The SMILES string of the molecule is CC1(C)CCC(C)(C)c2c(-c3ccc(-c4cccc(-c5nc(-c6ccccc6)nc(-c6cc7ccccc7c7ccccc67)n5)c4)cc3)cccc21. The fourth-order valence-electron chi connectivity index (χ4n) is 8.23. The van der Waals surface area contributed by atoms with Gasteiger partial charge in [-0.3, -0.25) is 0 Å². The predicted molar refractivity (Wildman–Crippen MR) is 217 cm³/mol. The van der Waals surface area contributed by atoms with E-state index in [4.69, 9.17) is 15.0 Å². The molecule has 0 saturated carbocycles. The van der Waals surface area contributed by atoms with Crippen LogP contribution in [-0.2, 0) is 10.8 Å². The maximum Gasteiger partial charge on any atom is 0.164 e. The van der Waals surface area contributed by atoms with Crippen LogP contribution in [0.4, 0.5) is 0 Å². The van der Waals surface area contributed by atoms with E-state index in [2.05, 4.69) is 161 Å². The minimum absolute atomic E-state index is 0.135. The quantitative estimate of drug-likeness (QED) is 0.171. The van der Waals surface area contributed by atoms with Crippen LogP contribution in [0.15, 0.2) is 152 Å². The third-order valence-corrected chi connectivity index (χ3v) is 11.2. The third kappa shape index (κ3) is 5.58. The molecule has 1 aliphatic carbocycles. The molecule has 0 atom stereocenters. The maximum absolute atomic E-state index is 5.19. The van der Waals surface area contributed by atoms with E-state index < -0.39 is 0 Å². The zero-order valence-corrected chi connectivity index (χ0v) is 30.2. The Morgan fingerprint density at radius 3 is 1.75 bits per heavy atom. The van der Waals surface area contributed by atoms with Gasteiger partial charge < -0.3 is 0 Å². The molecule has 0 N–H and O–H groups in total. The molecule has 9 rings (SSSR count). The fraction of sp³-hybridized carbons (Fsp3) is 0.163. The highest BCUT2D eigenvalue weighted by Crippen LogP contribution is 2.49. The highest BCUT2D eigenvalue weighted by Gasteiger charge is 2.38. The van der Waals surface area contributed by atoms with E-state index in [0.29, 0.717) is 17.5 Å². The molecule has 252 valence electrons. The van der Waals surface area contributed by atoms with Crippen molar-refractivity contribution in [2.24, 2.45) is 0 Å². The van der Waals surface area contributed by atoms with Crippen molar-refractivity contribution in [3.05, 3.63) is 163 Å². The lowest BCUT2D eigenvalue weighted by molar-refractivity contribution is 0.333. The molecule has 1 aromatic heterocycles. The lowest BCUT2D eigenvalue weighted by Crippen LogP contribution is -2.34. The Labute approximate surface area is 306 Å². The van der Waals surface area contributed by atoms with E-state index in [1.54, 1.807) is 0 Å². The average molecular weight is 672 g/mol. The summed E-state index contributed by atoms with van der Waals surface area (Å²) < 4.78 is 0. The summed E-state index contributed by atoms with van der Waals surface area (Å²) in [5.74, 6) is 1.98. The lowest BCUT2D eigenvalue weighted by Gasteiger charge is -2.43. The highest BCUT2D eigenvalue weighted by molar-refractivity contribution is 6.13. The van der Waals surface area contributed by atoms with Crippen LogP contribution in [-0.4, -0.2) is 15.0 Å². The van der Waals surface area contributed by atoms with Gasteiger partial charge in [-0.25, -0.2) is 15.0 Å². The number of nitrogens with zero attached hydrogens (tertiary/aromatic N) is 3. The molecule has 0 saturated heterocycles. The van der Waals surface area contributed by atoms with Crippen molar-refractivity contribution < 1.29 is 0 Å². The first-order valence-corrected chi connectivity index (χ1v) is 18.3. The standard InChI is InChI=1S/C49H41N3/c1-48(2)28-29-49(3,4)44-39(22-13-23-43(44)48)33-26-24-32(25-27-33)35-17-12-18-37(30-35)46-50-45(34-14-6-5-7-15-34)51-47(52-46)42-31-36-16-8-9-19-38(36)40-20-10-11-21-41(40)42/h5-27,30-31H,28-29H2,1-4H3. The minimum atomic E-state index is 0.135. The number of hydrogen-bond donors (Lipinski definition) is 0. The molecule has 1 aliphatic rings. The van der Waals surface area contributed by atoms with Gasteiger partial charge in [0, 0.05) is 16.7 Å². The third-order valence-electron chi connectivity index (χ3n) is 11.2. The lowest BCUT2D eigenvalue weighted by atomic mass is 9.61. The molecular weight excluding hydrogens is 631 g/mol. The summed E-state index contributed by atoms with van der Waals surface area (Å²) in [5, 5.41) is 4.69. The second kappa shape index (κ2) is 12.4. The molecule has 0 unspecified atom stereocenters. The molecule has 7 aromatic carbocycles. The van der Waals surface area contributed by atoms with E-state index in [9.17, 15) is 0 Å². The second-order valence-electron chi connectivity index (χ2n) is 15.5. The molecule has 0 bridgehead atoms. The number of benzene rings is 7. The number of hydrogen-bond acceptors (Lipinski definition) is 3. The van der Waals surface area contributed by atoms with Gasteiger partial charge in [0.25, 0.3) is 0 Å². The van der Waals surface area contributed by atoms with Crippen molar-refractivity contribution in [1.82, 2.24) is 15.0 Å². The first-order chi connectivity index (χ1) is 25.2. The van der Waals surface area contributed by atoms with Gasteiger partial charge in [-0.2, -0.15) is 0 Å². The minimum Gasteiger partial charge on any atom is -0.208 e. The molecule has 0 aliphatic heterocycles. The van der Waals surface area contributed by atoms with Crippen LogP contribution in [0.2, 0.25) is 0 Å². The van der Waals surface area contributed by atoms with Crippen molar-refractivity contribution >= 4 is 21.5 Å². The Balaban J connectivity index is 1.14. The van der Waals surface area contributed by atoms with Crippen molar-refractivity contribution in [3.63, 3.8) is 0 Å². The number of rotatable bonds is 5. The van der Waals surface area contributed by atoms with Gasteiger partial charge in [0.1, 0.15) is 0 Å². The highest BCUT2D eigenvalue weighted by atomic mass is 15.0. The van der Waals surface area contributed by atoms with Gasteiger partial charge in [0.15, 0.2) is 17.5 Å². The Bertz CT molecular complexity index is 2620. The smallest absolute Gasteiger partial charge is 0.164 e. The molecule has 3 nitrogen and oxygen atoms in total. The normalized spacial score (nSPS) is 14.7. The van der Waals surface area contributed by atoms with Crippen LogP contribution >= 0.6 is 0 Å². The zero-order chi connectivity index (χ0) is 35.5. The van der Waals surface area contributed by atoms with Gasteiger partial charge in [-0.15, -0.1) is 0 Å². The zero-order valence-electron chi connectivity index (χ0n) is 30.2. The van der Waals surface area contributed by atoms with E-state index in [1.165, 1.54) is 45.9 Å². The molecular formula is C49H41N3. The monoisotopic (exact) mass is 671 g/mol. The maximum atomic E-state index is 5.19. The number of aromatic nitrogens is 3. The van der Waals surface area contributed by atoms with Crippen LogP contribution in [0.1, 0.15) is 51.7 Å². The van der Waals surface area contributed by atoms with E-state index in [-0.39, 0.29) is 10.8 Å². The van der Waals surface area contributed by atoms with Gasteiger partial charge in [0.2, 0.25) is 0 Å². The first-order valence-electron chi connectivity index (χ1n) is 18.3. The second-order valence-corrected chi connectivity index (χ2v) is 15.5. The average Bonchev–Trinajstić information content (AvgIpc) is 3.19. The van der Waals surface area contributed by atoms with Crippen LogP contribution in [0, 0.1) is 0 Å². The Kier molecular flexibility index (Phi) is 7.62. The van der Waals surface area contributed by atoms with Crippen molar-refractivity contribution in [3.8, 4) is 56.4 Å². The first kappa shape index (κ1) is 32.0. The molecule has 0 amide bonds. The van der Waals surface area contributed by atoms with E-state index >= 15 is 0 Å². The molecule has 8 aromatic rings. The van der Waals surface area contributed by atoms with Crippen LogP contribution in [0.25, 0.3) is 78.0 Å². The van der Waals surface area contributed by atoms with Gasteiger partial charge in [0.05, 0.1) is 0 Å². The summed E-state index contributed by atoms with van der Waals surface area (Å²) in [6.45, 7) is 9.60. The summed E-state index contributed by atoms with van der Waals surface area (Å²) in [4.78, 5) is 15.4. The van der Waals surface area contributed by atoms with Gasteiger partial charge in [-0.1, -0.05) is 167 Å². The topological polar surface area (TPSA) is 38.7 Å². The van der Waals surface area contributed by atoms with Crippen molar-refractivity contribution in [1.29, 1.82) is 0 Å². The molecule has 52 heavy (non-hydrogen) atoms. The Morgan fingerprint density at radius 2 is 0.962 bits per heavy atom. The molecule has 0 spiro atoms. The van der Waals surface area contributed by atoms with Crippen LogP contribution in [0.3, 0.4) is 0 Å². The summed E-state index contributed by atoms with van der Waals surface area (Å²) in [7, 11) is 0. The Morgan fingerprint density at radius 1 is 0.385 bits per heavy atom. The molecule has 1 heterocycles. The summed E-state index contributed by atoms with van der Waals surface area (Å²) in [6, 6.07) is 54.0. The molecule has 0 radical (unpaired) electrons. The summed E-state index contributed by atoms with van der Waals surface area (Å²) >= 11 is 0. The van der Waals surface area contributed by atoms with Crippen molar-refractivity contribution in [2.75, 3.05) is 0 Å². The van der Waals surface area contributed by atoms with Crippen LogP contribution in [0.5, 0.6) is 0 Å². The van der Waals surface area contributed by atoms with Gasteiger partial charge in [-0.05, 0) is 90.7 Å². The molecule has 3 heteroatoms. The van der Waals surface area contributed by atoms with E-state index in [0.717, 1.165) is 38.6 Å². The Hall–Kier alpha value is -5.93. The van der Waals surface area contributed by atoms with E-state index in [1.807, 2.05) is 18.2 Å². The fourth-order valence-corrected chi connectivity index (χ4v) is 8.23. The van der Waals surface area contributed by atoms with Crippen molar-refractivity contribution in [2.45, 2.75) is 51.4 Å². The largest absolute Gasteiger partial charge is 0.208 e. The predicted octanol–water partition coefficient (Wildman–Crippen LogP) is 12.9. The van der Waals surface area contributed by atoms with Gasteiger partial charge >= 0.3 is 0 Å². The van der Waals surface area contributed by atoms with Crippen LogP contribution < -0.4 is 0 Å². The summed E-state index contributed by atoms with van der Waals surface area (Å²) in [6.07, 6.45) is 2.40. The number of fused-ring (bicyclic) bond motifs is 4.